The molecule has 0 aromatic heterocycles. The monoisotopic (exact) mass is 200 g/mol. The van der Waals surface area contributed by atoms with Gasteiger partial charge in [-0.1, -0.05) is 20.8 Å². The fourth-order valence-electron chi connectivity index (χ4n) is 0.823. The Kier molecular flexibility index (Phi) is 6.23. The second kappa shape index (κ2) is 6.31. The van der Waals surface area contributed by atoms with Gasteiger partial charge in [-0.3, -0.25) is 11.3 Å². The number of thioether (sulfide) groups is 1. The van der Waals surface area contributed by atoms with E-state index in [0.717, 1.165) is 18.6 Å². The minimum Gasteiger partial charge on any atom is -0.271 e. The summed E-state index contributed by atoms with van der Waals surface area (Å²) in [6.45, 7) is 6.60. The van der Waals surface area contributed by atoms with Crippen molar-refractivity contribution in [1.82, 2.24) is 5.43 Å². The Hall–Kier alpha value is -0.170. The van der Waals surface area contributed by atoms with E-state index in [1.165, 1.54) is 0 Å². The molecule has 0 saturated carbocycles. The summed E-state index contributed by atoms with van der Waals surface area (Å²) >= 11 is 1.91. The van der Waals surface area contributed by atoms with Gasteiger partial charge in [0.1, 0.15) is 0 Å². The first-order chi connectivity index (χ1) is 5.99. The van der Waals surface area contributed by atoms with Crippen molar-refractivity contribution in [1.29, 1.82) is 0 Å². The number of nitrogens with one attached hydrogen (secondary N) is 1. The molecular formula is C10H20N2S. The van der Waals surface area contributed by atoms with Crippen molar-refractivity contribution in [3.63, 3.8) is 0 Å². The minimum atomic E-state index is 0.297. The van der Waals surface area contributed by atoms with Crippen molar-refractivity contribution in [2.45, 2.75) is 44.4 Å². The third kappa shape index (κ3) is 8.17. The van der Waals surface area contributed by atoms with Gasteiger partial charge in [-0.05, 0) is 6.42 Å². The quantitative estimate of drug-likeness (QED) is 0.403. The SMILES string of the molecule is C#CCCC(CSC(C)(C)C)NN. The Morgan fingerprint density at radius 3 is 2.54 bits per heavy atom. The molecule has 0 aliphatic carbocycles. The fraction of sp³-hybridized carbons (Fsp3) is 0.800. The minimum absolute atomic E-state index is 0.297. The molecule has 0 aromatic rings. The zero-order valence-electron chi connectivity index (χ0n) is 8.76. The first-order valence-corrected chi connectivity index (χ1v) is 5.51. The smallest absolute Gasteiger partial charge is 0.0310 e. The number of hydrogen-bond acceptors (Lipinski definition) is 3. The van der Waals surface area contributed by atoms with Crippen LogP contribution in [0.5, 0.6) is 0 Å². The van der Waals surface area contributed by atoms with Gasteiger partial charge < -0.3 is 0 Å². The summed E-state index contributed by atoms with van der Waals surface area (Å²) in [6.07, 6.45) is 6.93. The highest BCUT2D eigenvalue weighted by Gasteiger charge is 2.14. The third-order valence-corrected chi connectivity index (χ3v) is 3.03. The molecule has 3 N–H and O–H groups in total. The van der Waals surface area contributed by atoms with E-state index < -0.39 is 0 Å². The lowest BCUT2D eigenvalue weighted by Gasteiger charge is -2.21. The number of rotatable bonds is 5. The van der Waals surface area contributed by atoms with Crippen LogP contribution in [0.3, 0.4) is 0 Å². The van der Waals surface area contributed by atoms with Gasteiger partial charge in [0, 0.05) is 23.0 Å². The molecule has 0 aromatic carbocycles. The molecule has 2 nitrogen and oxygen atoms in total. The molecule has 0 bridgehead atoms. The van der Waals surface area contributed by atoms with E-state index in [1.54, 1.807) is 0 Å². The van der Waals surface area contributed by atoms with Crippen LogP contribution in [0.25, 0.3) is 0 Å². The maximum absolute atomic E-state index is 5.41. The zero-order valence-corrected chi connectivity index (χ0v) is 9.58. The Bertz CT molecular complexity index is 167. The van der Waals surface area contributed by atoms with Crippen molar-refractivity contribution >= 4 is 11.8 Å². The van der Waals surface area contributed by atoms with Gasteiger partial charge in [-0.25, -0.2) is 0 Å². The molecule has 0 rings (SSSR count). The second-order valence-corrected chi connectivity index (χ2v) is 5.88. The molecule has 0 fully saturated rings. The molecule has 0 spiro atoms. The lowest BCUT2D eigenvalue weighted by atomic mass is 10.2. The van der Waals surface area contributed by atoms with Gasteiger partial charge in [0.15, 0.2) is 0 Å². The lowest BCUT2D eigenvalue weighted by Crippen LogP contribution is -2.37. The van der Waals surface area contributed by atoms with E-state index in [-0.39, 0.29) is 0 Å². The van der Waals surface area contributed by atoms with Crippen molar-refractivity contribution in [2.75, 3.05) is 5.75 Å². The molecule has 0 saturated heterocycles. The Morgan fingerprint density at radius 1 is 1.54 bits per heavy atom. The van der Waals surface area contributed by atoms with Gasteiger partial charge in [0.05, 0.1) is 0 Å². The molecule has 0 aliphatic rings. The molecule has 0 radical (unpaired) electrons. The molecule has 76 valence electrons. The van der Waals surface area contributed by atoms with E-state index in [4.69, 9.17) is 12.3 Å². The largest absolute Gasteiger partial charge is 0.271 e. The molecule has 1 unspecified atom stereocenters. The van der Waals surface area contributed by atoms with Crippen LogP contribution in [0.1, 0.15) is 33.6 Å². The topological polar surface area (TPSA) is 38.0 Å². The maximum atomic E-state index is 5.41. The lowest BCUT2D eigenvalue weighted by molar-refractivity contribution is 0.545. The van der Waals surface area contributed by atoms with Crippen LogP contribution in [0.15, 0.2) is 0 Å². The first kappa shape index (κ1) is 12.8. The van der Waals surface area contributed by atoms with Gasteiger partial charge >= 0.3 is 0 Å². The number of hydrogen-bond donors (Lipinski definition) is 2. The first-order valence-electron chi connectivity index (χ1n) is 4.53. The third-order valence-electron chi connectivity index (χ3n) is 1.59. The second-order valence-electron chi connectivity index (χ2n) is 4.03. The fourth-order valence-corrected chi connectivity index (χ4v) is 1.79. The Morgan fingerprint density at radius 2 is 2.15 bits per heavy atom. The van der Waals surface area contributed by atoms with E-state index in [0.29, 0.717) is 10.8 Å². The van der Waals surface area contributed by atoms with Gasteiger partial charge in [-0.15, -0.1) is 12.3 Å². The summed E-state index contributed by atoms with van der Waals surface area (Å²) in [6, 6.07) is 0.334. The summed E-state index contributed by atoms with van der Waals surface area (Å²) in [4.78, 5) is 0. The van der Waals surface area contributed by atoms with Crippen LogP contribution < -0.4 is 11.3 Å². The average molecular weight is 200 g/mol. The van der Waals surface area contributed by atoms with Crippen LogP contribution >= 0.6 is 11.8 Å². The van der Waals surface area contributed by atoms with E-state index >= 15 is 0 Å². The Labute approximate surface area is 86.0 Å². The normalized spacial score (nSPS) is 13.8. The molecule has 0 amide bonds. The van der Waals surface area contributed by atoms with E-state index in [9.17, 15) is 0 Å². The van der Waals surface area contributed by atoms with Crippen LogP contribution in [-0.4, -0.2) is 16.5 Å². The number of hydrazine groups is 1. The summed E-state index contributed by atoms with van der Waals surface area (Å²) in [5, 5.41) is 0. The van der Waals surface area contributed by atoms with E-state index in [1.807, 2.05) is 11.8 Å². The van der Waals surface area contributed by atoms with Crippen molar-refractivity contribution in [3.05, 3.63) is 0 Å². The van der Waals surface area contributed by atoms with Crippen molar-refractivity contribution in [2.24, 2.45) is 5.84 Å². The molecule has 0 heterocycles. The van der Waals surface area contributed by atoms with Crippen LogP contribution in [-0.2, 0) is 0 Å². The highest BCUT2D eigenvalue weighted by Crippen LogP contribution is 2.24. The number of nitrogens with two attached hydrogens (primary N) is 1. The summed E-state index contributed by atoms with van der Waals surface area (Å²) in [5.41, 5.74) is 2.79. The van der Waals surface area contributed by atoms with Crippen LogP contribution in [0.4, 0.5) is 0 Å². The molecule has 1 atom stereocenters. The maximum Gasteiger partial charge on any atom is 0.0310 e. The predicted molar refractivity (Wildman–Crippen MR) is 61.4 cm³/mol. The average Bonchev–Trinajstić information content (AvgIpc) is 2.03. The van der Waals surface area contributed by atoms with Gasteiger partial charge in [0.2, 0.25) is 0 Å². The van der Waals surface area contributed by atoms with Gasteiger partial charge in [0.25, 0.3) is 0 Å². The highest BCUT2D eigenvalue weighted by atomic mass is 32.2. The molecular weight excluding hydrogens is 180 g/mol. The highest BCUT2D eigenvalue weighted by molar-refractivity contribution is 8.00. The van der Waals surface area contributed by atoms with Gasteiger partial charge in [-0.2, -0.15) is 11.8 Å². The molecule has 13 heavy (non-hydrogen) atoms. The summed E-state index contributed by atoms with van der Waals surface area (Å²) in [5.74, 6) is 9.05. The Balaban J connectivity index is 3.67. The summed E-state index contributed by atoms with van der Waals surface area (Å²) < 4.78 is 0.297. The number of terminal acetylenes is 1. The van der Waals surface area contributed by atoms with Crippen LogP contribution in [0.2, 0.25) is 0 Å². The van der Waals surface area contributed by atoms with Crippen LogP contribution in [0, 0.1) is 12.3 Å². The van der Waals surface area contributed by atoms with Crippen molar-refractivity contribution in [3.8, 4) is 12.3 Å². The summed E-state index contributed by atoms with van der Waals surface area (Å²) in [7, 11) is 0. The zero-order chi connectivity index (χ0) is 10.3. The molecule has 3 heteroatoms. The predicted octanol–water partition coefficient (Wildman–Crippen LogP) is 1.76. The van der Waals surface area contributed by atoms with E-state index in [2.05, 4.69) is 32.1 Å². The molecule has 0 aliphatic heterocycles. The van der Waals surface area contributed by atoms with Crippen molar-refractivity contribution < 1.29 is 0 Å². The standard InChI is InChI=1S/C10H20N2S/c1-5-6-7-9(12-11)8-13-10(2,3)4/h1,9,12H,6-8,11H2,2-4H3.